The number of hydrogen-bond donors (Lipinski definition) is 1. The average molecular weight is 337 g/mol. The van der Waals surface area contributed by atoms with Gasteiger partial charge in [0.05, 0.1) is 17.6 Å². The van der Waals surface area contributed by atoms with E-state index in [0.29, 0.717) is 0 Å². The zero-order chi connectivity index (χ0) is 17.8. The highest BCUT2D eigenvalue weighted by Crippen LogP contribution is 2.19. The molecule has 126 valence electrons. The second-order valence-electron chi connectivity index (χ2n) is 6.19. The smallest absolute Gasteiger partial charge is 0.0731 e. The minimum absolute atomic E-state index is 0.886. The van der Waals surface area contributed by atoms with Gasteiger partial charge in [0.15, 0.2) is 0 Å². The summed E-state index contributed by atoms with van der Waals surface area (Å²) in [5, 5.41) is 9.73. The molecule has 1 heterocycles. The monoisotopic (exact) mass is 337 g/mol. The lowest BCUT2D eigenvalue weighted by Gasteiger charge is -2.03. The van der Waals surface area contributed by atoms with Gasteiger partial charge < -0.3 is 4.98 Å². The molecule has 0 bridgehead atoms. The zero-order valence-electron chi connectivity index (χ0n) is 14.6. The van der Waals surface area contributed by atoms with Crippen molar-refractivity contribution >= 4 is 22.8 Å². The molecule has 4 rings (SSSR count). The van der Waals surface area contributed by atoms with Crippen LogP contribution in [-0.4, -0.2) is 16.9 Å². The molecule has 0 atom stereocenters. The van der Waals surface area contributed by atoms with E-state index in [2.05, 4.69) is 81.9 Å². The van der Waals surface area contributed by atoms with Gasteiger partial charge in [0.1, 0.15) is 0 Å². The molecule has 0 unspecified atom stereocenters. The Balaban J connectivity index is 1.50. The molecule has 0 spiro atoms. The van der Waals surface area contributed by atoms with Crippen LogP contribution < -0.4 is 0 Å². The Morgan fingerprint density at radius 3 is 2.27 bits per heavy atom. The summed E-state index contributed by atoms with van der Waals surface area (Å²) in [5.41, 5.74) is 6.41. The van der Waals surface area contributed by atoms with Crippen molar-refractivity contribution in [3.8, 4) is 11.1 Å². The Morgan fingerprint density at radius 2 is 1.50 bits per heavy atom. The molecule has 0 aliphatic heterocycles. The topological polar surface area (TPSA) is 40.5 Å². The molecule has 26 heavy (non-hydrogen) atoms. The van der Waals surface area contributed by atoms with Crippen LogP contribution in [0.15, 0.2) is 95.1 Å². The molecule has 3 nitrogen and oxygen atoms in total. The van der Waals surface area contributed by atoms with Crippen LogP contribution in [0, 0.1) is 0 Å². The van der Waals surface area contributed by atoms with Crippen molar-refractivity contribution < 1.29 is 0 Å². The van der Waals surface area contributed by atoms with E-state index in [1.807, 2.05) is 25.1 Å². The summed E-state index contributed by atoms with van der Waals surface area (Å²) in [6.07, 6.45) is 1.75. The fourth-order valence-electron chi connectivity index (χ4n) is 2.94. The zero-order valence-corrected chi connectivity index (χ0v) is 14.6. The van der Waals surface area contributed by atoms with E-state index in [-0.39, 0.29) is 0 Å². The maximum atomic E-state index is 4.33. The number of nitrogens with zero attached hydrogens (tertiary/aromatic N) is 2. The van der Waals surface area contributed by atoms with Crippen LogP contribution in [0.4, 0.5) is 0 Å². The summed E-state index contributed by atoms with van der Waals surface area (Å²) in [6, 6.07) is 29.0. The maximum absolute atomic E-state index is 4.33. The van der Waals surface area contributed by atoms with Crippen LogP contribution >= 0.6 is 0 Å². The molecule has 1 aromatic heterocycles. The fraction of sp³-hybridized carbons (Fsp3) is 0.0435. The molecular weight excluding hydrogens is 318 g/mol. The van der Waals surface area contributed by atoms with Gasteiger partial charge in [-0.3, -0.25) is 0 Å². The molecule has 0 fully saturated rings. The van der Waals surface area contributed by atoms with Crippen LogP contribution in [-0.2, 0) is 0 Å². The van der Waals surface area contributed by atoms with E-state index >= 15 is 0 Å². The molecule has 3 heteroatoms. The van der Waals surface area contributed by atoms with Crippen molar-refractivity contribution in [3.63, 3.8) is 0 Å². The first-order chi connectivity index (χ1) is 12.8. The van der Waals surface area contributed by atoms with Crippen LogP contribution in [0.5, 0.6) is 0 Å². The summed E-state index contributed by atoms with van der Waals surface area (Å²) < 4.78 is 0. The summed E-state index contributed by atoms with van der Waals surface area (Å²) in [7, 11) is 0. The first-order valence-electron chi connectivity index (χ1n) is 8.61. The molecule has 0 aliphatic carbocycles. The predicted molar refractivity (Wildman–Crippen MR) is 110 cm³/mol. The van der Waals surface area contributed by atoms with Crippen molar-refractivity contribution in [2.75, 3.05) is 0 Å². The summed E-state index contributed by atoms with van der Waals surface area (Å²) in [4.78, 5) is 3.32. The Kier molecular flexibility index (Phi) is 4.44. The number of H-pyrrole nitrogens is 1. The number of para-hydroxylation sites is 1. The maximum Gasteiger partial charge on any atom is 0.0731 e. The van der Waals surface area contributed by atoms with Crippen LogP contribution in [0.2, 0.25) is 0 Å². The Labute approximate surface area is 152 Å². The van der Waals surface area contributed by atoms with E-state index in [0.717, 1.165) is 22.5 Å². The number of aromatic nitrogens is 1. The van der Waals surface area contributed by atoms with Gasteiger partial charge in [-0.25, -0.2) is 0 Å². The molecule has 0 radical (unpaired) electrons. The van der Waals surface area contributed by atoms with Crippen molar-refractivity contribution in [1.82, 2.24) is 4.98 Å². The van der Waals surface area contributed by atoms with Gasteiger partial charge in [-0.05, 0) is 35.7 Å². The number of nitrogens with one attached hydrogen (secondary N) is 1. The van der Waals surface area contributed by atoms with Crippen molar-refractivity contribution in [2.45, 2.75) is 6.92 Å². The molecule has 3 aromatic carbocycles. The molecule has 1 N–H and O–H groups in total. The third-order valence-corrected chi connectivity index (χ3v) is 4.37. The highest BCUT2D eigenvalue weighted by atomic mass is 15.2. The summed E-state index contributed by atoms with van der Waals surface area (Å²) >= 11 is 0. The molecule has 4 aromatic rings. The van der Waals surface area contributed by atoms with Gasteiger partial charge in [-0.2, -0.15) is 10.2 Å². The van der Waals surface area contributed by atoms with Crippen molar-refractivity contribution in [2.24, 2.45) is 10.2 Å². The SMILES string of the molecule is C/C(=N\N=C\c1cc2ccccc2[nH]1)c1ccc(-c2ccccc2)cc1. The predicted octanol–water partition coefficient (Wildman–Crippen LogP) is 5.68. The molecular formula is C23H19N3. The van der Waals surface area contributed by atoms with Crippen LogP contribution in [0.3, 0.4) is 0 Å². The third kappa shape index (κ3) is 3.47. The summed E-state index contributed by atoms with van der Waals surface area (Å²) in [6.45, 7) is 1.97. The van der Waals surface area contributed by atoms with Crippen molar-refractivity contribution in [1.29, 1.82) is 0 Å². The molecule has 0 saturated carbocycles. The quantitative estimate of drug-likeness (QED) is 0.368. The lowest BCUT2D eigenvalue weighted by Crippen LogP contribution is -1.93. The van der Waals surface area contributed by atoms with Gasteiger partial charge in [0.25, 0.3) is 0 Å². The Bertz CT molecular complexity index is 1040. The summed E-state index contributed by atoms with van der Waals surface area (Å²) in [5.74, 6) is 0. The lowest BCUT2D eigenvalue weighted by molar-refractivity contribution is 1.23. The Hall–Kier alpha value is -3.46. The molecule has 0 aliphatic rings. The molecule has 0 saturated heterocycles. The van der Waals surface area contributed by atoms with Crippen molar-refractivity contribution in [3.05, 3.63) is 96.2 Å². The van der Waals surface area contributed by atoms with E-state index < -0.39 is 0 Å². The highest BCUT2D eigenvalue weighted by molar-refractivity contribution is 5.99. The van der Waals surface area contributed by atoms with E-state index in [4.69, 9.17) is 0 Å². The van der Waals surface area contributed by atoms with E-state index in [9.17, 15) is 0 Å². The largest absolute Gasteiger partial charge is 0.354 e. The lowest BCUT2D eigenvalue weighted by atomic mass is 10.0. The number of rotatable bonds is 4. The second kappa shape index (κ2) is 7.19. The normalized spacial score (nSPS) is 12.1. The van der Waals surface area contributed by atoms with E-state index in [1.165, 1.54) is 16.5 Å². The number of hydrogen-bond acceptors (Lipinski definition) is 2. The third-order valence-electron chi connectivity index (χ3n) is 4.37. The number of benzene rings is 3. The first kappa shape index (κ1) is 16.0. The van der Waals surface area contributed by atoms with Gasteiger partial charge in [-0.1, -0.05) is 72.8 Å². The number of fused-ring (bicyclic) bond motifs is 1. The van der Waals surface area contributed by atoms with Crippen LogP contribution in [0.1, 0.15) is 18.2 Å². The number of aromatic amines is 1. The van der Waals surface area contributed by atoms with Gasteiger partial charge in [0.2, 0.25) is 0 Å². The van der Waals surface area contributed by atoms with Gasteiger partial charge in [-0.15, -0.1) is 0 Å². The first-order valence-corrected chi connectivity index (χ1v) is 8.61. The average Bonchev–Trinajstić information content (AvgIpc) is 3.11. The Morgan fingerprint density at radius 1 is 0.808 bits per heavy atom. The van der Waals surface area contributed by atoms with E-state index in [1.54, 1.807) is 6.21 Å². The minimum Gasteiger partial charge on any atom is -0.354 e. The fourth-order valence-corrected chi connectivity index (χ4v) is 2.94. The highest BCUT2D eigenvalue weighted by Gasteiger charge is 2.00. The van der Waals surface area contributed by atoms with Crippen LogP contribution in [0.25, 0.3) is 22.0 Å². The minimum atomic E-state index is 0.886. The second-order valence-corrected chi connectivity index (χ2v) is 6.19. The van der Waals surface area contributed by atoms with Gasteiger partial charge in [0, 0.05) is 10.9 Å². The van der Waals surface area contributed by atoms with Gasteiger partial charge >= 0.3 is 0 Å². The molecule has 0 amide bonds. The standard InChI is InChI=1S/C23H19N3/c1-17(18-11-13-20(14-12-18)19-7-3-2-4-8-19)26-24-16-22-15-21-9-5-6-10-23(21)25-22/h2-16,25H,1H3/b24-16+,26-17+.